The molecule has 0 aliphatic carbocycles. The van der Waals surface area contributed by atoms with Crippen LogP contribution in [0.15, 0.2) is 24.3 Å². The van der Waals surface area contributed by atoms with Crippen molar-refractivity contribution in [3.8, 4) is 0 Å². The Morgan fingerprint density at radius 1 is 1.30 bits per heavy atom. The van der Waals surface area contributed by atoms with Gasteiger partial charge in [0.2, 0.25) is 5.91 Å². The van der Waals surface area contributed by atoms with Crippen molar-refractivity contribution in [1.29, 1.82) is 0 Å². The first-order valence-corrected chi connectivity index (χ1v) is 8.36. The lowest BCUT2D eigenvalue weighted by Gasteiger charge is -2.35. The number of fused-ring (bicyclic) bond motifs is 3. The lowest BCUT2D eigenvalue weighted by Crippen LogP contribution is -2.52. The van der Waals surface area contributed by atoms with E-state index in [9.17, 15) is 9.59 Å². The fraction of sp³-hybridized carbons (Fsp3) is 0.412. The summed E-state index contributed by atoms with van der Waals surface area (Å²) in [4.78, 5) is 26.9. The minimum absolute atomic E-state index is 0.358. The van der Waals surface area contributed by atoms with Crippen LogP contribution in [0.2, 0.25) is 0 Å². The number of nitrogens with two attached hydrogens (primary N) is 1. The van der Waals surface area contributed by atoms with Gasteiger partial charge in [0.05, 0.1) is 6.54 Å². The summed E-state index contributed by atoms with van der Waals surface area (Å²) >= 11 is 1.65. The third-order valence-corrected chi connectivity index (χ3v) is 5.02. The molecule has 2 heterocycles. The van der Waals surface area contributed by atoms with Crippen LogP contribution >= 0.6 is 11.3 Å². The second kappa shape index (κ2) is 5.53. The molecule has 0 bridgehead atoms. The van der Waals surface area contributed by atoms with E-state index in [-0.39, 0.29) is 0 Å². The molecule has 0 radical (unpaired) electrons. The van der Waals surface area contributed by atoms with Crippen LogP contribution < -0.4 is 5.73 Å². The zero-order valence-corrected chi connectivity index (χ0v) is 14.3. The van der Waals surface area contributed by atoms with Crippen molar-refractivity contribution >= 4 is 33.4 Å². The third-order valence-electron chi connectivity index (χ3n) is 3.83. The van der Waals surface area contributed by atoms with Crippen molar-refractivity contribution in [1.82, 2.24) is 4.90 Å². The molecule has 23 heavy (non-hydrogen) atoms. The van der Waals surface area contributed by atoms with Crippen molar-refractivity contribution in [2.45, 2.75) is 45.4 Å². The highest BCUT2D eigenvalue weighted by Gasteiger charge is 2.37. The quantitative estimate of drug-likeness (QED) is 0.872. The minimum Gasteiger partial charge on any atom is -0.444 e. The smallest absolute Gasteiger partial charge is 0.411 e. The number of hydrogen-bond acceptors (Lipinski definition) is 4. The second-order valence-electron chi connectivity index (χ2n) is 6.73. The minimum atomic E-state index is -0.671. The molecule has 3 rings (SSSR count). The monoisotopic (exact) mass is 332 g/mol. The molecule has 1 aromatic carbocycles. The fourth-order valence-electron chi connectivity index (χ4n) is 2.84. The second-order valence-corrected chi connectivity index (χ2v) is 7.87. The van der Waals surface area contributed by atoms with Gasteiger partial charge < -0.3 is 10.5 Å². The number of rotatable bonds is 1. The summed E-state index contributed by atoms with van der Waals surface area (Å²) in [6, 6.07) is 7.40. The van der Waals surface area contributed by atoms with E-state index in [4.69, 9.17) is 10.5 Å². The van der Waals surface area contributed by atoms with Gasteiger partial charge in [-0.3, -0.25) is 9.69 Å². The highest BCUT2D eigenvalue weighted by atomic mass is 32.1. The van der Waals surface area contributed by atoms with Crippen molar-refractivity contribution in [2.75, 3.05) is 0 Å². The Morgan fingerprint density at radius 2 is 2.00 bits per heavy atom. The summed E-state index contributed by atoms with van der Waals surface area (Å²) in [5.74, 6) is -0.503. The molecule has 0 fully saturated rings. The summed E-state index contributed by atoms with van der Waals surface area (Å²) in [6.45, 7) is 5.77. The molecule has 6 heteroatoms. The van der Waals surface area contributed by atoms with Crippen LogP contribution in [0.5, 0.6) is 0 Å². The molecule has 2 aromatic rings. The maximum Gasteiger partial charge on any atom is 0.411 e. The van der Waals surface area contributed by atoms with Crippen LogP contribution in [0.1, 0.15) is 31.2 Å². The number of hydrogen-bond donors (Lipinski definition) is 1. The number of carbonyl (C=O) groups is 2. The largest absolute Gasteiger partial charge is 0.444 e. The molecule has 5 nitrogen and oxygen atoms in total. The zero-order chi connectivity index (χ0) is 16.8. The summed E-state index contributed by atoms with van der Waals surface area (Å²) < 4.78 is 6.59. The molecule has 0 saturated heterocycles. The lowest BCUT2D eigenvalue weighted by atomic mass is 9.97. The zero-order valence-electron chi connectivity index (χ0n) is 13.5. The number of primary amides is 1. The lowest BCUT2D eigenvalue weighted by molar-refractivity contribution is -0.123. The van der Waals surface area contributed by atoms with Gasteiger partial charge in [-0.2, -0.15) is 0 Å². The normalized spacial score (nSPS) is 17.9. The Kier molecular flexibility index (Phi) is 3.80. The Bertz CT molecular complexity index is 776. The maximum atomic E-state index is 12.5. The molecule has 1 aromatic heterocycles. The highest BCUT2D eigenvalue weighted by Crippen LogP contribution is 2.37. The summed E-state index contributed by atoms with van der Waals surface area (Å²) in [5.41, 5.74) is 6.05. The fourth-order valence-corrected chi connectivity index (χ4v) is 4.07. The van der Waals surface area contributed by atoms with Crippen LogP contribution in [-0.4, -0.2) is 28.5 Å². The molecule has 1 aliphatic heterocycles. The maximum absolute atomic E-state index is 12.5. The van der Waals surface area contributed by atoms with Crippen LogP contribution in [0, 0.1) is 0 Å². The topological polar surface area (TPSA) is 72.6 Å². The first kappa shape index (κ1) is 15.8. The number of thiophene rings is 1. The van der Waals surface area contributed by atoms with E-state index in [1.54, 1.807) is 32.1 Å². The van der Waals surface area contributed by atoms with Gasteiger partial charge in [-0.25, -0.2) is 4.79 Å². The highest BCUT2D eigenvalue weighted by molar-refractivity contribution is 7.19. The van der Waals surface area contributed by atoms with Crippen molar-refractivity contribution < 1.29 is 14.3 Å². The number of nitrogens with zero attached hydrogens (tertiary/aromatic N) is 1. The Morgan fingerprint density at radius 3 is 2.65 bits per heavy atom. The van der Waals surface area contributed by atoms with Crippen molar-refractivity contribution in [3.05, 3.63) is 34.7 Å². The molecule has 2 N–H and O–H groups in total. The van der Waals surface area contributed by atoms with Crippen molar-refractivity contribution in [2.24, 2.45) is 5.73 Å². The first-order chi connectivity index (χ1) is 10.8. The average molecular weight is 332 g/mol. The molecular weight excluding hydrogens is 312 g/mol. The molecule has 2 amide bonds. The van der Waals surface area contributed by atoms with Gasteiger partial charge in [-0.15, -0.1) is 11.3 Å². The van der Waals surface area contributed by atoms with E-state index in [1.807, 2.05) is 18.2 Å². The Labute approximate surface area is 139 Å². The summed E-state index contributed by atoms with van der Waals surface area (Å²) in [5, 5.41) is 1.14. The summed E-state index contributed by atoms with van der Waals surface area (Å²) in [6.07, 6.45) is -0.0575. The Hall–Kier alpha value is -2.08. The first-order valence-electron chi connectivity index (χ1n) is 7.54. The van der Waals surface area contributed by atoms with Gasteiger partial charge in [0.1, 0.15) is 11.6 Å². The van der Waals surface area contributed by atoms with Gasteiger partial charge in [-0.05, 0) is 37.8 Å². The van der Waals surface area contributed by atoms with Crippen LogP contribution in [0.25, 0.3) is 10.1 Å². The van der Waals surface area contributed by atoms with Crippen LogP contribution in [0.3, 0.4) is 0 Å². The number of ether oxygens (including phenoxy) is 1. The summed E-state index contributed by atoms with van der Waals surface area (Å²) in [7, 11) is 0. The van der Waals surface area contributed by atoms with Gasteiger partial charge in [0.15, 0.2) is 0 Å². The molecule has 0 unspecified atom stereocenters. The predicted octanol–water partition coefficient (Wildman–Crippen LogP) is 3.05. The van der Waals surface area contributed by atoms with E-state index >= 15 is 0 Å². The number of amides is 2. The van der Waals surface area contributed by atoms with E-state index in [2.05, 4.69) is 6.07 Å². The Balaban J connectivity index is 1.98. The van der Waals surface area contributed by atoms with E-state index in [1.165, 1.54) is 4.90 Å². The molecular formula is C17H20N2O3S. The van der Waals surface area contributed by atoms with Gasteiger partial charge in [0.25, 0.3) is 0 Å². The standard InChI is InChI=1S/C17H20N2O3S/c1-17(2,3)22-16(21)19-9-14-11(8-12(19)15(18)20)10-6-4-5-7-13(10)23-14/h4-7,12H,8-9H2,1-3H3,(H2,18,20)/t12-/m1/s1. The van der Waals surface area contributed by atoms with Crippen LogP contribution in [0.4, 0.5) is 4.79 Å². The van der Waals surface area contributed by atoms with Crippen LogP contribution in [-0.2, 0) is 22.5 Å². The molecule has 0 spiro atoms. The van der Waals surface area contributed by atoms with E-state index in [0.29, 0.717) is 13.0 Å². The molecule has 1 atom stereocenters. The SMILES string of the molecule is CC(C)(C)OC(=O)N1Cc2sc3ccccc3c2C[C@@H]1C(N)=O. The predicted molar refractivity (Wildman–Crippen MR) is 90.3 cm³/mol. The molecule has 1 aliphatic rings. The number of benzene rings is 1. The molecule has 122 valence electrons. The van der Waals surface area contributed by atoms with Gasteiger partial charge in [-0.1, -0.05) is 18.2 Å². The molecule has 0 saturated carbocycles. The van der Waals surface area contributed by atoms with Gasteiger partial charge in [0, 0.05) is 16.0 Å². The third kappa shape index (κ3) is 3.03. The number of carbonyl (C=O) groups excluding carboxylic acids is 2. The van der Waals surface area contributed by atoms with Gasteiger partial charge >= 0.3 is 6.09 Å². The van der Waals surface area contributed by atoms with E-state index < -0.39 is 23.6 Å². The van der Waals surface area contributed by atoms with Crippen molar-refractivity contribution in [3.63, 3.8) is 0 Å². The van der Waals surface area contributed by atoms with E-state index in [0.717, 1.165) is 20.5 Å². The average Bonchev–Trinajstić information content (AvgIpc) is 2.81.